The number of benzene rings is 5. The quantitative estimate of drug-likeness (QED) is 0.159. The Morgan fingerprint density at radius 3 is 1.26 bits per heavy atom. The molecule has 0 saturated heterocycles. The molecule has 0 spiro atoms. The monoisotopic (exact) mass is 613 g/mol. The Hall–Kier alpha value is -4.44. The maximum atomic E-state index is 18.2. The fraction of sp³-hybridized carbons (Fsp3) is 0.0882. The Labute approximate surface area is 251 Å². The summed E-state index contributed by atoms with van der Waals surface area (Å²) in [5.74, 6) is -2.58. The fourth-order valence-electron chi connectivity index (χ4n) is 5.02. The molecule has 0 amide bonds. The van der Waals surface area contributed by atoms with Crippen molar-refractivity contribution in [1.29, 1.82) is 0 Å². The van der Waals surface area contributed by atoms with Crippen LogP contribution >= 0.6 is 0 Å². The van der Waals surface area contributed by atoms with E-state index in [2.05, 4.69) is 0 Å². The summed E-state index contributed by atoms with van der Waals surface area (Å²) >= 11 is 0. The molecule has 1 unspecified atom stereocenters. The predicted octanol–water partition coefficient (Wildman–Crippen LogP) is 6.48. The van der Waals surface area contributed by atoms with Gasteiger partial charge in [0.1, 0.15) is 0 Å². The van der Waals surface area contributed by atoms with Gasteiger partial charge in [-0.1, -0.05) is 131 Å². The van der Waals surface area contributed by atoms with Crippen LogP contribution in [0.3, 0.4) is 0 Å². The van der Waals surface area contributed by atoms with Gasteiger partial charge in [0, 0.05) is 12.1 Å². The number of hydrogen-bond acceptors (Lipinski definition) is 5. The van der Waals surface area contributed by atoms with E-state index in [1.54, 1.807) is 66.7 Å². The molecule has 0 aliphatic carbocycles. The number of carbonyl (C=O) groups is 1. The topological polar surface area (TPSA) is 88.6 Å². The first-order chi connectivity index (χ1) is 20.7. The van der Waals surface area contributed by atoms with Crippen LogP contribution in [-0.2, 0) is 25.7 Å². The van der Waals surface area contributed by atoms with Crippen molar-refractivity contribution in [2.45, 2.75) is 15.5 Å². The lowest BCUT2D eigenvalue weighted by Gasteiger charge is -2.36. The SMILES string of the molecule is O=C(c1ccccc1)C(CN(S(=O)(=O)c1ccccc1)S(=O)(=O)c1ccccc1)C(F)(c1ccccc1)c1ccccc1. The van der Waals surface area contributed by atoms with Gasteiger partial charge in [-0.3, -0.25) is 4.79 Å². The third kappa shape index (κ3) is 5.92. The summed E-state index contributed by atoms with van der Waals surface area (Å²) in [6.45, 7) is -1.01. The van der Waals surface area contributed by atoms with Crippen LogP contribution in [0, 0.1) is 5.92 Å². The van der Waals surface area contributed by atoms with Crippen LogP contribution in [0.2, 0.25) is 0 Å². The molecule has 0 bridgehead atoms. The Morgan fingerprint density at radius 2 is 0.884 bits per heavy atom. The maximum Gasteiger partial charge on any atom is 0.256 e. The highest BCUT2D eigenvalue weighted by Crippen LogP contribution is 2.44. The van der Waals surface area contributed by atoms with Gasteiger partial charge in [0.05, 0.1) is 15.7 Å². The van der Waals surface area contributed by atoms with Crippen molar-refractivity contribution in [3.8, 4) is 0 Å². The van der Waals surface area contributed by atoms with Crippen LogP contribution < -0.4 is 0 Å². The van der Waals surface area contributed by atoms with E-state index in [0.717, 1.165) is 0 Å². The standard InChI is InChI=1S/C34H28FNO5S2/c35-34(28-18-8-2-9-19-28,29-20-10-3-11-21-29)32(33(37)27-16-6-1-7-17-27)26-36(42(38,39)30-22-12-4-13-23-30)43(40,41)31-24-14-5-15-25-31/h1-25,32H,26H2. The van der Waals surface area contributed by atoms with Crippen molar-refractivity contribution in [3.63, 3.8) is 0 Å². The molecule has 5 aromatic rings. The van der Waals surface area contributed by atoms with E-state index in [4.69, 9.17) is 0 Å². The molecular formula is C34H28FNO5S2. The average Bonchev–Trinajstić information content (AvgIpc) is 3.06. The molecule has 218 valence electrons. The van der Waals surface area contributed by atoms with Gasteiger partial charge in [-0.25, -0.2) is 21.2 Å². The third-order valence-corrected chi connectivity index (χ3v) is 11.5. The lowest BCUT2D eigenvalue weighted by molar-refractivity contribution is 0.0678. The van der Waals surface area contributed by atoms with Crippen molar-refractivity contribution in [3.05, 3.63) is 168 Å². The molecule has 6 nitrogen and oxygen atoms in total. The Balaban J connectivity index is 1.79. The molecule has 0 N–H and O–H groups in total. The molecule has 0 aliphatic heterocycles. The van der Waals surface area contributed by atoms with Crippen LogP contribution in [-0.4, -0.2) is 32.9 Å². The summed E-state index contributed by atoms with van der Waals surface area (Å²) < 4.78 is 75.1. The van der Waals surface area contributed by atoms with Crippen LogP contribution in [0.1, 0.15) is 21.5 Å². The molecule has 0 aromatic heterocycles. The molecule has 0 aliphatic rings. The molecule has 0 heterocycles. The Bertz CT molecular complexity index is 1780. The van der Waals surface area contributed by atoms with Gasteiger partial charge in [0.15, 0.2) is 11.5 Å². The average molecular weight is 614 g/mol. The number of ketones is 1. The first-order valence-electron chi connectivity index (χ1n) is 13.4. The van der Waals surface area contributed by atoms with Gasteiger partial charge in [0.2, 0.25) is 0 Å². The summed E-state index contributed by atoms with van der Waals surface area (Å²) in [4.78, 5) is 13.7. The predicted molar refractivity (Wildman–Crippen MR) is 163 cm³/mol. The van der Waals surface area contributed by atoms with Crippen LogP contribution in [0.25, 0.3) is 0 Å². The maximum absolute atomic E-state index is 18.2. The second kappa shape index (κ2) is 12.4. The largest absolute Gasteiger partial charge is 0.294 e. The highest BCUT2D eigenvalue weighted by molar-refractivity contribution is 8.04. The molecule has 0 radical (unpaired) electrons. The van der Waals surface area contributed by atoms with E-state index in [1.165, 1.54) is 84.9 Å². The zero-order valence-corrected chi connectivity index (χ0v) is 24.5. The number of carbonyl (C=O) groups excluding carboxylic acids is 1. The number of hydrogen-bond donors (Lipinski definition) is 0. The normalized spacial score (nSPS) is 13.0. The first-order valence-corrected chi connectivity index (χ1v) is 16.3. The second-order valence-corrected chi connectivity index (χ2v) is 13.8. The van der Waals surface area contributed by atoms with Gasteiger partial charge in [-0.2, -0.15) is 0 Å². The minimum absolute atomic E-state index is 0.0737. The van der Waals surface area contributed by atoms with Crippen molar-refractivity contribution < 1.29 is 26.0 Å². The highest BCUT2D eigenvalue weighted by atomic mass is 32.3. The van der Waals surface area contributed by atoms with Gasteiger partial charge >= 0.3 is 0 Å². The minimum Gasteiger partial charge on any atom is -0.294 e. The van der Waals surface area contributed by atoms with E-state index in [1.807, 2.05) is 0 Å². The fourth-order valence-corrected chi connectivity index (χ4v) is 8.73. The first kappa shape index (κ1) is 30.0. The van der Waals surface area contributed by atoms with Crippen molar-refractivity contribution in [1.82, 2.24) is 3.71 Å². The number of nitrogens with zero attached hydrogens (tertiary/aromatic N) is 1. The lowest BCUT2D eigenvalue weighted by Crippen LogP contribution is -2.48. The van der Waals surface area contributed by atoms with E-state index >= 15 is 4.39 Å². The van der Waals surface area contributed by atoms with Crippen LogP contribution in [0.5, 0.6) is 0 Å². The molecule has 43 heavy (non-hydrogen) atoms. The minimum atomic E-state index is -4.82. The van der Waals surface area contributed by atoms with Gasteiger partial charge in [-0.15, -0.1) is 0 Å². The number of halogens is 1. The second-order valence-electron chi connectivity index (χ2n) is 9.82. The molecule has 1 atom stereocenters. The summed E-state index contributed by atoms with van der Waals surface area (Å²) in [5.41, 5.74) is -2.38. The van der Waals surface area contributed by atoms with E-state index in [0.29, 0.717) is 0 Å². The lowest BCUT2D eigenvalue weighted by atomic mass is 9.74. The number of alkyl halides is 1. The van der Waals surface area contributed by atoms with Crippen molar-refractivity contribution in [2.75, 3.05) is 6.54 Å². The summed E-state index contributed by atoms with van der Waals surface area (Å²) in [6, 6.07) is 37.7. The molecule has 5 aromatic carbocycles. The molecular weight excluding hydrogens is 586 g/mol. The zero-order valence-electron chi connectivity index (χ0n) is 22.9. The molecule has 0 fully saturated rings. The van der Waals surface area contributed by atoms with Crippen LogP contribution in [0.4, 0.5) is 4.39 Å². The highest BCUT2D eigenvalue weighted by Gasteiger charge is 2.51. The van der Waals surface area contributed by atoms with Gasteiger partial charge in [0.25, 0.3) is 20.0 Å². The van der Waals surface area contributed by atoms with Gasteiger partial charge < -0.3 is 0 Å². The zero-order chi connectivity index (χ0) is 30.5. The molecule has 5 rings (SSSR count). The third-order valence-electron chi connectivity index (χ3n) is 7.19. The Kier molecular flexibility index (Phi) is 8.68. The smallest absolute Gasteiger partial charge is 0.256 e. The summed E-state index contributed by atoms with van der Waals surface area (Å²) in [6.07, 6.45) is 0. The Morgan fingerprint density at radius 1 is 0.558 bits per heavy atom. The number of rotatable bonds is 11. The molecule has 9 heteroatoms. The van der Waals surface area contributed by atoms with E-state index in [9.17, 15) is 21.6 Å². The number of Topliss-reactive ketones (excluding diaryl/α,β-unsaturated/α-hetero) is 1. The van der Waals surface area contributed by atoms with Gasteiger partial charge in [-0.05, 0) is 35.4 Å². The van der Waals surface area contributed by atoms with Crippen LogP contribution in [0.15, 0.2) is 161 Å². The summed E-state index contributed by atoms with van der Waals surface area (Å²) in [7, 11) is -9.63. The number of sulfonamides is 2. The van der Waals surface area contributed by atoms with E-state index in [-0.39, 0.29) is 30.2 Å². The van der Waals surface area contributed by atoms with Crippen molar-refractivity contribution >= 4 is 25.8 Å². The summed E-state index contributed by atoms with van der Waals surface area (Å²) in [5, 5.41) is 0. The molecule has 0 saturated carbocycles. The van der Waals surface area contributed by atoms with E-state index < -0.39 is 44.0 Å². The van der Waals surface area contributed by atoms with Crippen molar-refractivity contribution in [2.24, 2.45) is 5.92 Å².